The van der Waals surface area contributed by atoms with Crippen molar-refractivity contribution >= 4 is 17.7 Å². The van der Waals surface area contributed by atoms with Crippen LogP contribution in [-0.4, -0.2) is 48.0 Å². The second kappa shape index (κ2) is 7.59. The van der Waals surface area contributed by atoms with E-state index in [9.17, 15) is 4.79 Å². The van der Waals surface area contributed by atoms with Crippen LogP contribution in [-0.2, 0) is 4.79 Å². The van der Waals surface area contributed by atoms with Crippen LogP contribution in [0.4, 0.5) is 0 Å². The number of terminal acetylenes is 1. The molecule has 1 fully saturated rings. The molecule has 90 valence electrons. The van der Waals surface area contributed by atoms with Crippen LogP contribution in [0.1, 0.15) is 19.8 Å². The molecule has 1 rings (SSSR count). The number of carbonyl (C=O) groups is 1. The van der Waals surface area contributed by atoms with Crippen molar-refractivity contribution in [2.45, 2.75) is 25.8 Å². The molecule has 1 heterocycles. The maximum Gasteiger partial charge on any atom is 0.219 e. The van der Waals surface area contributed by atoms with Gasteiger partial charge in [-0.25, -0.2) is 0 Å². The summed E-state index contributed by atoms with van der Waals surface area (Å²) in [6, 6.07) is 0.571. The minimum absolute atomic E-state index is 0.197. The van der Waals surface area contributed by atoms with Gasteiger partial charge in [0.05, 0.1) is 5.75 Å². The lowest BCUT2D eigenvalue weighted by Gasteiger charge is -2.31. The van der Waals surface area contributed by atoms with Crippen LogP contribution >= 0.6 is 11.8 Å². The molecule has 0 aromatic rings. The lowest BCUT2D eigenvalue weighted by atomic mass is 10.1. The monoisotopic (exact) mass is 240 g/mol. The number of thioether (sulfide) groups is 1. The van der Waals surface area contributed by atoms with Crippen molar-refractivity contribution in [3.8, 4) is 12.3 Å². The average Bonchev–Trinajstić information content (AvgIpc) is 2.29. The maximum atomic E-state index is 11.1. The van der Waals surface area contributed by atoms with Crippen molar-refractivity contribution in [1.82, 2.24) is 10.2 Å². The van der Waals surface area contributed by atoms with E-state index in [0.717, 1.165) is 44.0 Å². The van der Waals surface area contributed by atoms with Crippen molar-refractivity contribution in [2.75, 3.05) is 31.1 Å². The Labute approximate surface area is 102 Å². The Morgan fingerprint density at radius 2 is 2.25 bits per heavy atom. The fourth-order valence-electron chi connectivity index (χ4n) is 1.86. The molecule has 0 atom stereocenters. The SMILES string of the molecule is C#CCSCCNC1CCN(C(C)=O)CC1. The number of rotatable bonds is 5. The van der Waals surface area contributed by atoms with Gasteiger partial charge in [-0.3, -0.25) is 4.79 Å². The zero-order valence-corrected chi connectivity index (χ0v) is 10.7. The van der Waals surface area contributed by atoms with Gasteiger partial charge in [0, 0.05) is 38.4 Å². The van der Waals surface area contributed by atoms with Crippen molar-refractivity contribution in [1.29, 1.82) is 0 Å². The molecule has 0 radical (unpaired) electrons. The van der Waals surface area contributed by atoms with E-state index >= 15 is 0 Å². The highest BCUT2D eigenvalue weighted by Gasteiger charge is 2.19. The number of piperidine rings is 1. The topological polar surface area (TPSA) is 32.3 Å². The summed E-state index contributed by atoms with van der Waals surface area (Å²) in [5.74, 6) is 4.68. The Balaban J connectivity index is 2.04. The van der Waals surface area contributed by atoms with E-state index in [4.69, 9.17) is 6.42 Å². The molecule has 1 aliphatic heterocycles. The molecule has 0 saturated carbocycles. The zero-order chi connectivity index (χ0) is 11.8. The van der Waals surface area contributed by atoms with Crippen LogP contribution in [0.25, 0.3) is 0 Å². The van der Waals surface area contributed by atoms with Gasteiger partial charge in [0.1, 0.15) is 0 Å². The van der Waals surface area contributed by atoms with Crippen molar-refractivity contribution in [3.63, 3.8) is 0 Å². The summed E-state index contributed by atoms with van der Waals surface area (Å²) < 4.78 is 0. The molecule has 0 aliphatic carbocycles. The van der Waals surface area contributed by atoms with Crippen LogP contribution in [0.3, 0.4) is 0 Å². The van der Waals surface area contributed by atoms with Gasteiger partial charge in [-0.05, 0) is 12.8 Å². The lowest BCUT2D eigenvalue weighted by molar-refractivity contribution is -0.129. The summed E-state index contributed by atoms with van der Waals surface area (Å²) in [6.07, 6.45) is 7.31. The van der Waals surface area contributed by atoms with Gasteiger partial charge < -0.3 is 10.2 Å². The molecule has 0 bridgehead atoms. The van der Waals surface area contributed by atoms with E-state index in [1.165, 1.54) is 0 Å². The third kappa shape index (κ3) is 4.91. The largest absolute Gasteiger partial charge is 0.343 e. The summed E-state index contributed by atoms with van der Waals surface area (Å²) in [4.78, 5) is 13.0. The fourth-order valence-corrected chi connectivity index (χ4v) is 2.39. The Morgan fingerprint density at radius 3 is 2.81 bits per heavy atom. The molecule has 16 heavy (non-hydrogen) atoms. The zero-order valence-electron chi connectivity index (χ0n) is 9.87. The summed E-state index contributed by atoms with van der Waals surface area (Å²) in [6.45, 7) is 4.44. The van der Waals surface area contributed by atoms with E-state index in [1.807, 2.05) is 4.90 Å². The standard InChI is InChI=1S/C12H20N2OS/c1-3-9-16-10-6-13-12-4-7-14(8-5-12)11(2)15/h1,12-13H,4-10H2,2H3. The van der Waals surface area contributed by atoms with E-state index in [2.05, 4.69) is 11.2 Å². The van der Waals surface area contributed by atoms with Crippen LogP contribution in [0.2, 0.25) is 0 Å². The molecule has 0 aromatic carbocycles. The highest BCUT2D eigenvalue weighted by Crippen LogP contribution is 2.10. The lowest BCUT2D eigenvalue weighted by Crippen LogP contribution is -2.44. The van der Waals surface area contributed by atoms with Gasteiger partial charge >= 0.3 is 0 Å². The van der Waals surface area contributed by atoms with Crippen LogP contribution < -0.4 is 5.32 Å². The number of nitrogens with zero attached hydrogens (tertiary/aromatic N) is 1. The fraction of sp³-hybridized carbons (Fsp3) is 0.750. The van der Waals surface area contributed by atoms with Crippen LogP contribution in [0, 0.1) is 12.3 Å². The number of carbonyl (C=O) groups excluding carboxylic acids is 1. The van der Waals surface area contributed by atoms with Gasteiger partial charge in [-0.15, -0.1) is 18.2 Å². The van der Waals surface area contributed by atoms with E-state index in [-0.39, 0.29) is 5.91 Å². The second-order valence-electron chi connectivity index (χ2n) is 3.99. The highest BCUT2D eigenvalue weighted by molar-refractivity contribution is 7.99. The molecular formula is C12H20N2OS. The van der Waals surface area contributed by atoms with E-state index < -0.39 is 0 Å². The third-order valence-corrected chi connectivity index (χ3v) is 3.67. The van der Waals surface area contributed by atoms with E-state index in [0.29, 0.717) is 6.04 Å². The summed E-state index contributed by atoms with van der Waals surface area (Å²) in [5.41, 5.74) is 0. The smallest absolute Gasteiger partial charge is 0.219 e. The minimum Gasteiger partial charge on any atom is -0.343 e. The predicted molar refractivity (Wildman–Crippen MR) is 69.4 cm³/mol. The average molecular weight is 240 g/mol. The molecule has 1 aliphatic rings. The first-order valence-electron chi connectivity index (χ1n) is 5.74. The second-order valence-corrected chi connectivity index (χ2v) is 5.10. The molecule has 4 heteroatoms. The predicted octanol–water partition coefficient (Wildman–Crippen LogP) is 0.953. The molecule has 0 unspecified atom stereocenters. The number of hydrogen-bond donors (Lipinski definition) is 1. The van der Waals surface area contributed by atoms with Crippen LogP contribution in [0.5, 0.6) is 0 Å². The maximum absolute atomic E-state index is 11.1. The summed E-state index contributed by atoms with van der Waals surface area (Å²) in [5, 5.41) is 3.51. The quantitative estimate of drug-likeness (QED) is 0.574. The Hall–Kier alpha value is -0.660. The number of hydrogen-bond acceptors (Lipinski definition) is 3. The molecule has 0 spiro atoms. The number of nitrogens with one attached hydrogen (secondary N) is 1. The van der Waals surface area contributed by atoms with Gasteiger partial charge in [0.15, 0.2) is 0 Å². The summed E-state index contributed by atoms with van der Waals surface area (Å²) in [7, 11) is 0. The first kappa shape index (κ1) is 13.4. The normalized spacial score (nSPS) is 17.1. The van der Waals surface area contributed by atoms with Crippen LogP contribution in [0.15, 0.2) is 0 Å². The Bertz CT molecular complexity index is 254. The molecule has 0 aromatic heterocycles. The molecule has 1 saturated heterocycles. The molecule has 1 N–H and O–H groups in total. The molecule has 3 nitrogen and oxygen atoms in total. The number of amides is 1. The van der Waals surface area contributed by atoms with Gasteiger partial charge in [0.2, 0.25) is 5.91 Å². The van der Waals surface area contributed by atoms with Gasteiger partial charge in [0.25, 0.3) is 0 Å². The number of likely N-dealkylation sites (tertiary alicyclic amines) is 1. The molecule has 1 amide bonds. The van der Waals surface area contributed by atoms with Crippen molar-refractivity contribution < 1.29 is 4.79 Å². The van der Waals surface area contributed by atoms with Gasteiger partial charge in [-0.1, -0.05) is 5.92 Å². The highest BCUT2D eigenvalue weighted by atomic mass is 32.2. The Kier molecular flexibility index (Phi) is 6.36. The van der Waals surface area contributed by atoms with Crippen molar-refractivity contribution in [2.24, 2.45) is 0 Å². The third-order valence-electron chi connectivity index (χ3n) is 2.81. The molecular weight excluding hydrogens is 220 g/mol. The summed E-state index contributed by atoms with van der Waals surface area (Å²) >= 11 is 1.78. The minimum atomic E-state index is 0.197. The van der Waals surface area contributed by atoms with Gasteiger partial charge in [-0.2, -0.15) is 0 Å². The Morgan fingerprint density at radius 1 is 1.56 bits per heavy atom. The van der Waals surface area contributed by atoms with E-state index in [1.54, 1.807) is 18.7 Å². The first-order chi connectivity index (χ1) is 7.74. The van der Waals surface area contributed by atoms with Crippen molar-refractivity contribution in [3.05, 3.63) is 0 Å². The first-order valence-corrected chi connectivity index (χ1v) is 6.89.